The molecule has 5 nitrogen and oxygen atoms in total. The maximum Gasteiger partial charge on any atom is 0.255 e. The Morgan fingerprint density at radius 3 is 2.90 bits per heavy atom. The highest BCUT2D eigenvalue weighted by Crippen LogP contribution is 2.14. The van der Waals surface area contributed by atoms with E-state index in [2.05, 4.69) is 27.4 Å². The highest BCUT2D eigenvalue weighted by atomic mass is 16.1. The van der Waals surface area contributed by atoms with E-state index in [1.165, 1.54) is 12.8 Å². The molecule has 1 saturated heterocycles. The molecule has 1 atom stereocenters. The van der Waals surface area contributed by atoms with Gasteiger partial charge in [0.1, 0.15) is 0 Å². The molecule has 2 N–H and O–H groups in total. The van der Waals surface area contributed by atoms with Crippen molar-refractivity contribution in [2.75, 3.05) is 31.5 Å². The Balaban J connectivity index is 1.91. The van der Waals surface area contributed by atoms with E-state index in [4.69, 9.17) is 0 Å². The molecule has 1 amide bonds. The van der Waals surface area contributed by atoms with Crippen molar-refractivity contribution < 1.29 is 4.79 Å². The van der Waals surface area contributed by atoms with Crippen LogP contribution in [0.1, 0.15) is 37.0 Å². The molecule has 20 heavy (non-hydrogen) atoms. The number of nitrogens with zero attached hydrogens (tertiary/aromatic N) is 2. The number of amides is 1. The Bertz CT molecular complexity index is 443. The minimum absolute atomic E-state index is 0.0555. The van der Waals surface area contributed by atoms with Crippen molar-refractivity contribution in [3.05, 3.63) is 24.0 Å². The fraction of sp³-hybridized carbons (Fsp3) is 0.600. The van der Waals surface area contributed by atoms with Crippen molar-refractivity contribution in [1.82, 2.24) is 15.2 Å². The molecule has 1 aromatic rings. The minimum atomic E-state index is -0.0555. The zero-order chi connectivity index (χ0) is 14.4. The maximum atomic E-state index is 12.3. The van der Waals surface area contributed by atoms with Gasteiger partial charge in [-0.05, 0) is 45.8 Å². The van der Waals surface area contributed by atoms with Crippen LogP contribution in [-0.4, -0.2) is 48.0 Å². The van der Waals surface area contributed by atoms with E-state index in [0.29, 0.717) is 18.2 Å². The normalized spacial score (nSPS) is 16.9. The van der Waals surface area contributed by atoms with Crippen LogP contribution in [0.15, 0.2) is 18.5 Å². The predicted octanol–water partition coefficient (Wildman–Crippen LogP) is 1.73. The van der Waals surface area contributed by atoms with E-state index < -0.39 is 0 Å². The molecule has 0 radical (unpaired) electrons. The van der Waals surface area contributed by atoms with E-state index in [1.54, 1.807) is 12.4 Å². The molecule has 1 aliphatic heterocycles. The summed E-state index contributed by atoms with van der Waals surface area (Å²) in [5.74, 6) is -0.0555. The van der Waals surface area contributed by atoms with E-state index >= 15 is 0 Å². The van der Waals surface area contributed by atoms with Crippen molar-refractivity contribution in [3.8, 4) is 0 Å². The number of anilines is 1. The number of carbonyl (C=O) groups excluding carboxylic acids is 1. The van der Waals surface area contributed by atoms with Crippen LogP contribution in [0.3, 0.4) is 0 Å². The SMILES string of the molecule is CCNc1ccncc1C(=O)NCC(C)N1CCCC1. The largest absolute Gasteiger partial charge is 0.385 e. The Hall–Kier alpha value is -1.62. The highest BCUT2D eigenvalue weighted by Gasteiger charge is 2.19. The fourth-order valence-corrected chi connectivity index (χ4v) is 2.57. The number of pyridine rings is 1. The van der Waals surface area contributed by atoms with Gasteiger partial charge in [-0.25, -0.2) is 0 Å². The topological polar surface area (TPSA) is 57.3 Å². The van der Waals surface area contributed by atoms with Crippen molar-refractivity contribution in [2.45, 2.75) is 32.7 Å². The van der Waals surface area contributed by atoms with Crippen LogP contribution in [0.4, 0.5) is 5.69 Å². The highest BCUT2D eigenvalue weighted by molar-refractivity contribution is 5.99. The minimum Gasteiger partial charge on any atom is -0.385 e. The Morgan fingerprint density at radius 1 is 1.45 bits per heavy atom. The van der Waals surface area contributed by atoms with Gasteiger partial charge in [-0.2, -0.15) is 0 Å². The number of aromatic nitrogens is 1. The summed E-state index contributed by atoms with van der Waals surface area (Å²) >= 11 is 0. The molecule has 1 aliphatic rings. The number of likely N-dealkylation sites (tertiary alicyclic amines) is 1. The van der Waals surface area contributed by atoms with Gasteiger partial charge in [0.25, 0.3) is 5.91 Å². The van der Waals surface area contributed by atoms with Crippen LogP contribution in [0.25, 0.3) is 0 Å². The van der Waals surface area contributed by atoms with Crippen molar-refractivity contribution >= 4 is 11.6 Å². The first-order valence-corrected chi connectivity index (χ1v) is 7.42. The third-order valence-electron chi connectivity index (χ3n) is 3.75. The van der Waals surface area contributed by atoms with Crippen molar-refractivity contribution in [1.29, 1.82) is 0 Å². The maximum absolute atomic E-state index is 12.3. The van der Waals surface area contributed by atoms with Gasteiger partial charge < -0.3 is 10.6 Å². The zero-order valence-electron chi connectivity index (χ0n) is 12.4. The molecular formula is C15H24N4O. The number of hydrogen-bond donors (Lipinski definition) is 2. The molecule has 0 saturated carbocycles. The first-order chi connectivity index (χ1) is 9.72. The van der Waals surface area contributed by atoms with E-state index in [-0.39, 0.29) is 5.91 Å². The summed E-state index contributed by atoms with van der Waals surface area (Å²) in [6, 6.07) is 2.23. The monoisotopic (exact) mass is 276 g/mol. The van der Waals surface area contributed by atoms with Crippen molar-refractivity contribution in [2.24, 2.45) is 0 Å². The van der Waals surface area contributed by atoms with Gasteiger partial charge >= 0.3 is 0 Å². The van der Waals surface area contributed by atoms with Gasteiger partial charge in [-0.3, -0.25) is 14.7 Å². The van der Waals surface area contributed by atoms with E-state index in [9.17, 15) is 4.79 Å². The quantitative estimate of drug-likeness (QED) is 0.831. The summed E-state index contributed by atoms with van der Waals surface area (Å²) in [7, 11) is 0. The average molecular weight is 276 g/mol. The van der Waals surface area contributed by atoms with Gasteiger partial charge in [0.2, 0.25) is 0 Å². The third kappa shape index (κ3) is 3.70. The summed E-state index contributed by atoms with van der Waals surface area (Å²) < 4.78 is 0. The van der Waals surface area contributed by atoms with E-state index in [1.807, 2.05) is 13.0 Å². The third-order valence-corrected chi connectivity index (χ3v) is 3.75. The molecule has 1 fully saturated rings. The zero-order valence-corrected chi connectivity index (χ0v) is 12.4. The Kier molecular flexibility index (Phi) is 5.35. The van der Waals surface area contributed by atoms with Gasteiger partial charge in [-0.1, -0.05) is 0 Å². The number of nitrogens with one attached hydrogen (secondary N) is 2. The average Bonchev–Trinajstić information content (AvgIpc) is 2.99. The lowest BCUT2D eigenvalue weighted by Gasteiger charge is -2.24. The van der Waals surface area contributed by atoms with Crippen LogP contribution in [0, 0.1) is 0 Å². The molecule has 1 unspecified atom stereocenters. The summed E-state index contributed by atoms with van der Waals surface area (Å²) in [6.07, 6.45) is 5.85. The number of hydrogen-bond acceptors (Lipinski definition) is 4. The second kappa shape index (κ2) is 7.24. The summed E-state index contributed by atoms with van der Waals surface area (Å²) in [6.45, 7) is 7.94. The summed E-state index contributed by atoms with van der Waals surface area (Å²) in [4.78, 5) is 18.7. The molecule has 0 spiro atoms. The van der Waals surface area contributed by atoms with Gasteiger partial charge in [0.15, 0.2) is 0 Å². The standard InChI is InChI=1S/C15H24N4O/c1-3-17-14-6-7-16-11-13(14)15(20)18-10-12(2)19-8-4-5-9-19/h6-7,11-12H,3-5,8-10H2,1-2H3,(H,16,17)(H,18,20). The molecule has 5 heteroatoms. The first kappa shape index (κ1) is 14.8. The Labute approximate surface area is 120 Å². The molecular weight excluding hydrogens is 252 g/mol. The summed E-state index contributed by atoms with van der Waals surface area (Å²) in [5.41, 5.74) is 1.46. The van der Waals surface area contributed by atoms with E-state index in [0.717, 1.165) is 25.3 Å². The molecule has 1 aromatic heterocycles. The van der Waals surface area contributed by atoms with Gasteiger partial charge in [0.05, 0.1) is 11.3 Å². The lowest BCUT2D eigenvalue weighted by atomic mass is 10.2. The van der Waals surface area contributed by atoms with Crippen LogP contribution < -0.4 is 10.6 Å². The number of carbonyl (C=O) groups is 1. The smallest absolute Gasteiger partial charge is 0.255 e. The lowest BCUT2D eigenvalue weighted by molar-refractivity contribution is 0.0941. The fourth-order valence-electron chi connectivity index (χ4n) is 2.57. The van der Waals surface area contributed by atoms with Crippen LogP contribution in [0.5, 0.6) is 0 Å². The predicted molar refractivity (Wildman–Crippen MR) is 81.0 cm³/mol. The van der Waals surface area contributed by atoms with Crippen molar-refractivity contribution in [3.63, 3.8) is 0 Å². The molecule has 2 rings (SSSR count). The van der Waals surface area contributed by atoms with Crippen LogP contribution in [0.2, 0.25) is 0 Å². The van der Waals surface area contributed by atoms with Crippen LogP contribution >= 0.6 is 0 Å². The first-order valence-electron chi connectivity index (χ1n) is 7.42. The van der Waals surface area contributed by atoms with Gasteiger partial charge in [0, 0.05) is 31.5 Å². The number of rotatable bonds is 6. The summed E-state index contributed by atoms with van der Waals surface area (Å²) in [5, 5.41) is 6.20. The van der Waals surface area contributed by atoms with Crippen LogP contribution in [-0.2, 0) is 0 Å². The lowest BCUT2D eigenvalue weighted by Crippen LogP contribution is -2.40. The molecule has 110 valence electrons. The second-order valence-electron chi connectivity index (χ2n) is 5.25. The molecule has 0 aromatic carbocycles. The van der Waals surface area contributed by atoms with Gasteiger partial charge in [-0.15, -0.1) is 0 Å². The molecule has 0 bridgehead atoms. The molecule has 2 heterocycles. The Morgan fingerprint density at radius 2 is 2.20 bits per heavy atom. The second-order valence-corrected chi connectivity index (χ2v) is 5.25. The molecule has 0 aliphatic carbocycles.